The van der Waals surface area contributed by atoms with Gasteiger partial charge in [-0.25, -0.2) is 0 Å². The molecule has 3 atom stereocenters. The Morgan fingerprint density at radius 1 is 1.08 bits per heavy atom. The second kappa shape index (κ2) is 4.30. The van der Waals surface area contributed by atoms with E-state index in [1.54, 1.807) is 0 Å². The van der Waals surface area contributed by atoms with E-state index in [1.165, 1.54) is 32.1 Å². The van der Waals surface area contributed by atoms with Gasteiger partial charge < -0.3 is 0 Å². The van der Waals surface area contributed by atoms with Gasteiger partial charge in [-0.2, -0.15) is 0 Å². The Kier molecular flexibility index (Phi) is 3.08. The first-order chi connectivity index (χ1) is 6.36. The molecule has 0 aromatic heterocycles. The summed E-state index contributed by atoms with van der Waals surface area (Å²) in [6.07, 6.45) is 16.4. The van der Waals surface area contributed by atoms with Crippen LogP contribution in [0.4, 0.5) is 0 Å². The maximum absolute atomic E-state index is 2.57. The third-order valence-corrected chi connectivity index (χ3v) is 3.50. The van der Waals surface area contributed by atoms with E-state index in [2.05, 4.69) is 31.9 Å². The molecule has 0 heterocycles. The van der Waals surface area contributed by atoms with Crippen LogP contribution in [0.3, 0.4) is 0 Å². The minimum absolute atomic E-state index is 0.854. The van der Waals surface area contributed by atoms with E-state index in [9.17, 15) is 0 Å². The van der Waals surface area contributed by atoms with Crippen LogP contribution in [0.5, 0.6) is 0 Å². The predicted molar refractivity (Wildman–Crippen MR) is 57.0 cm³/mol. The van der Waals surface area contributed by atoms with E-state index >= 15 is 0 Å². The normalized spacial score (nSPS) is 40.5. The van der Waals surface area contributed by atoms with Crippen LogP contribution >= 0.6 is 0 Å². The van der Waals surface area contributed by atoms with E-state index in [4.69, 9.17) is 0 Å². The minimum Gasteiger partial charge on any atom is -0.0882 e. The van der Waals surface area contributed by atoms with Crippen LogP contribution in [0, 0.1) is 30.6 Å². The summed E-state index contributed by atoms with van der Waals surface area (Å²) in [6.45, 7) is 2.40. The average molecular weight is 176 g/mol. The van der Waals surface area contributed by atoms with Crippen LogP contribution in [0.25, 0.3) is 0 Å². The van der Waals surface area contributed by atoms with E-state index in [1.807, 2.05) is 0 Å². The van der Waals surface area contributed by atoms with Crippen molar-refractivity contribution in [3.8, 4) is 0 Å². The second-order valence-electron chi connectivity index (χ2n) is 4.66. The lowest BCUT2D eigenvalue weighted by Crippen LogP contribution is -2.23. The van der Waals surface area contributed by atoms with Crippen molar-refractivity contribution in [1.82, 2.24) is 0 Å². The van der Waals surface area contributed by atoms with Crippen LogP contribution in [0.2, 0.25) is 0 Å². The maximum atomic E-state index is 2.57. The van der Waals surface area contributed by atoms with Crippen molar-refractivity contribution >= 4 is 0 Å². The molecule has 0 nitrogen and oxygen atoms in total. The molecule has 0 amide bonds. The molecular weight excluding hydrogens is 156 g/mol. The van der Waals surface area contributed by atoms with Crippen molar-refractivity contribution in [2.24, 2.45) is 17.8 Å². The molecule has 2 rings (SSSR count). The lowest BCUT2D eigenvalue weighted by Gasteiger charge is -2.33. The molecule has 0 aromatic carbocycles. The van der Waals surface area contributed by atoms with Gasteiger partial charge in [0.25, 0.3) is 0 Å². The predicted octanol–water partition coefficient (Wildman–Crippen LogP) is 3.80. The molecule has 2 radical (unpaired) electrons. The first kappa shape index (κ1) is 9.30. The van der Waals surface area contributed by atoms with Crippen LogP contribution in [0.15, 0.2) is 12.2 Å². The van der Waals surface area contributed by atoms with Crippen molar-refractivity contribution in [3.63, 3.8) is 0 Å². The Hall–Kier alpha value is -0.260. The molecule has 0 saturated heterocycles. The molecule has 0 N–H and O–H groups in total. The fourth-order valence-corrected chi connectivity index (χ4v) is 2.67. The number of rotatable bonds is 1. The van der Waals surface area contributed by atoms with Gasteiger partial charge in [0.15, 0.2) is 0 Å². The molecule has 2 aliphatic carbocycles. The van der Waals surface area contributed by atoms with Gasteiger partial charge in [0, 0.05) is 0 Å². The fourth-order valence-electron chi connectivity index (χ4n) is 2.67. The Labute approximate surface area is 82.4 Å². The summed E-state index contributed by atoms with van der Waals surface area (Å²) in [7, 11) is 0. The summed E-state index contributed by atoms with van der Waals surface area (Å²) in [5.41, 5.74) is 0. The fraction of sp³-hybridized carbons (Fsp3) is 0.692. The molecule has 0 bridgehead atoms. The lowest BCUT2D eigenvalue weighted by atomic mass is 9.72. The third-order valence-electron chi connectivity index (χ3n) is 3.50. The van der Waals surface area contributed by atoms with E-state index in [0.717, 1.165) is 17.8 Å². The maximum Gasteiger partial charge on any atom is -0.0311 e. The topological polar surface area (TPSA) is 0 Å². The van der Waals surface area contributed by atoms with Gasteiger partial charge in [-0.05, 0) is 56.3 Å². The molecule has 0 heteroatoms. The third kappa shape index (κ3) is 2.36. The van der Waals surface area contributed by atoms with Crippen molar-refractivity contribution in [2.45, 2.75) is 39.0 Å². The van der Waals surface area contributed by atoms with Crippen LogP contribution in [0.1, 0.15) is 39.0 Å². The molecule has 3 unspecified atom stereocenters. The summed E-state index contributed by atoms with van der Waals surface area (Å²) < 4.78 is 0. The Bertz CT molecular complexity index is 180. The first-order valence-corrected chi connectivity index (χ1v) is 5.68. The summed E-state index contributed by atoms with van der Waals surface area (Å²) >= 11 is 0. The van der Waals surface area contributed by atoms with E-state index in [-0.39, 0.29) is 0 Å². The van der Waals surface area contributed by atoms with Crippen LogP contribution in [-0.4, -0.2) is 0 Å². The number of allylic oxidation sites excluding steroid dienone is 2. The van der Waals surface area contributed by atoms with Gasteiger partial charge in [0.05, 0.1) is 0 Å². The van der Waals surface area contributed by atoms with Gasteiger partial charge >= 0.3 is 0 Å². The molecule has 1 saturated carbocycles. The summed E-state index contributed by atoms with van der Waals surface area (Å²) in [5, 5.41) is 0. The van der Waals surface area contributed by atoms with E-state index < -0.39 is 0 Å². The van der Waals surface area contributed by atoms with Gasteiger partial charge in [0.1, 0.15) is 0 Å². The zero-order chi connectivity index (χ0) is 9.10. The Morgan fingerprint density at radius 3 is 2.69 bits per heavy atom. The van der Waals surface area contributed by atoms with Crippen LogP contribution in [-0.2, 0) is 0 Å². The quantitative estimate of drug-likeness (QED) is 0.533. The summed E-state index contributed by atoms with van der Waals surface area (Å²) in [4.78, 5) is 0. The molecule has 2 aliphatic rings. The standard InChI is InChI=1S/C13H20/c1-11-6-5-9-13(10-11)12-7-3-2-4-8-12/h2-3,8-9,11-13H,4-7,10H2,1H3. The molecule has 72 valence electrons. The zero-order valence-corrected chi connectivity index (χ0v) is 8.58. The SMILES string of the molecule is CC1CC[CH]C(C2[CH]CC=CC2)C1. The molecule has 0 spiro atoms. The Balaban J connectivity index is 1.88. The van der Waals surface area contributed by atoms with E-state index in [0.29, 0.717) is 0 Å². The minimum atomic E-state index is 0.854. The average Bonchev–Trinajstić information content (AvgIpc) is 2.19. The smallest absolute Gasteiger partial charge is 0.0311 e. The molecule has 13 heavy (non-hydrogen) atoms. The molecule has 1 fully saturated rings. The van der Waals surface area contributed by atoms with Gasteiger partial charge in [0.2, 0.25) is 0 Å². The van der Waals surface area contributed by atoms with Crippen molar-refractivity contribution in [2.75, 3.05) is 0 Å². The van der Waals surface area contributed by atoms with Crippen molar-refractivity contribution in [1.29, 1.82) is 0 Å². The second-order valence-corrected chi connectivity index (χ2v) is 4.66. The molecule has 0 aliphatic heterocycles. The summed E-state index contributed by atoms with van der Waals surface area (Å²) in [5.74, 6) is 2.69. The van der Waals surface area contributed by atoms with Gasteiger partial charge in [-0.15, -0.1) is 0 Å². The Morgan fingerprint density at radius 2 is 2.00 bits per heavy atom. The highest BCUT2D eigenvalue weighted by Gasteiger charge is 2.26. The summed E-state index contributed by atoms with van der Waals surface area (Å²) in [6, 6.07) is 0. The largest absolute Gasteiger partial charge is 0.0882 e. The number of hydrogen-bond donors (Lipinski definition) is 0. The highest BCUT2D eigenvalue weighted by atomic mass is 14.3. The number of hydrogen-bond acceptors (Lipinski definition) is 0. The molecule has 0 aromatic rings. The molecular formula is C13H20. The lowest BCUT2D eigenvalue weighted by molar-refractivity contribution is 0.278. The highest BCUT2D eigenvalue weighted by molar-refractivity contribution is 5.03. The van der Waals surface area contributed by atoms with Crippen LogP contribution < -0.4 is 0 Å². The van der Waals surface area contributed by atoms with Gasteiger partial charge in [-0.3, -0.25) is 0 Å². The van der Waals surface area contributed by atoms with Crippen molar-refractivity contribution in [3.05, 3.63) is 25.0 Å². The first-order valence-electron chi connectivity index (χ1n) is 5.68. The highest BCUT2D eigenvalue weighted by Crippen LogP contribution is 2.37. The zero-order valence-electron chi connectivity index (χ0n) is 8.58. The monoisotopic (exact) mass is 176 g/mol. The van der Waals surface area contributed by atoms with Gasteiger partial charge in [-0.1, -0.05) is 25.5 Å². The van der Waals surface area contributed by atoms with Crippen molar-refractivity contribution < 1.29 is 0 Å².